The Morgan fingerprint density at radius 1 is 0.679 bits per heavy atom. The van der Waals surface area contributed by atoms with E-state index in [1.54, 1.807) is 0 Å². The minimum atomic E-state index is 0.579. The van der Waals surface area contributed by atoms with Gasteiger partial charge in [0.25, 0.3) is 0 Å². The molecule has 2 aliphatic carbocycles. The van der Waals surface area contributed by atoms with Gasteiger partial charge in [0.15, 0.2) is 11.6 Å². The summed E-state index contributed by atoms with van der Waals surface area (Å²) in [6.45, 7) is 0. The molecule has 0 amide bonds. The number of benzene rings is 1. The molecule has 2 fully saturated rings. The van der Waals surface area contributed by atoms with Gasteiger partial charge in [-0.05, 0) is 37.5 Å². The lowest BCUT2D eigenvalue weighted by Gasteiger charge is -2.17. The van der Waals surface area contributed by atoms with Crippen LogP contribution in [0.5, 0.6) is 0 Å². The molecule has 2 aromatic rings. The average molecular weight is 379 g/mol. The molecule has 0 bridgehead atoms. The summed E-state index contributed by atoms with van der Waals surface area (Å²) in [4.78, 5) is 0. The Balaban J connectivity index is 1.45. The first-order valence-corrected chi connectivity index (χ1v) is 10.7. The monoisotopic (exact) mass is 378 g/mol. The number of hydrogen-bond acceptors (Lipinski definition) is 6. The quantitative estimate of drug-likeness (QED) is 0.508. The summed E-state index contributed by atoms with van der Waals surface area (Å²) in [5, 5.41) is 19.6. The highest BCUT2D eigenvalue weighted by molar-refractivity contribution is 5.98. The van der Waals surface area contributed by atoms with Gasteiger partial charge in [0.2, 0.25) is 0 Å². The van der Waals surface area contributed by atoms with Gasteiger partial charge in [-0.2, -0.15) is 10.2 Å². The normalized spacial score (nSPS) is 19.6. The van der Waals surface area contributed by atoms with Gasteiger partial charge in [0, 0.05) is 23.2 Å². The molecule has 2 aliphatic rings. The number of hydrogen-bond donors (Lipinski definition) is 2. The largest absolute Gasteiger partial charge is 0.260 e. The summed E-state index contributed by atoms with van der Waals surface area (Å²) in [6.07, 6.45) is 17.0. The molecule has 148 valence electrons. The fraction of sp³-hybridized carbons (Fsp3) is 0.545. The van der Waals surface area contributed by atoms with Gasteiger partial charge in [0.05, 0.1) is 0 Å². The first-order chi connectivity index (χ1) is 13.9. The van der Waals surface area contributed by atoms with Crippen molar-refractivity contribution in [2.45, 2.75) is 64.2 Å². The fourth-order valence-corrected chi connectivity index (χ4v) is 4.24. The predicted molar refractivity (Wildman–Crippen MR) is 117 cm³/mol. The lowest BCUT2D eigenvalue weighted by atomic mass is 9.90. The van der Waals surface area contributed by atoms with E-state index < -0.39 is 0 Å². The van der Waals surface area contributed by atoms with Crippen molar-refractivity contribution in [2.75, 3.05) is 10.9 Å². The molecule has 0 radical (unpaired) electrons. The highest BCUT2D eigenvalue weighted by Crippen LogP contribution is 2.27. The van der Waals surface area contributed by atoms with E-state index in [1.807, 2.05) is 36.7 Å². The van der Waals surface area contributed by atoms with Crippen molar-refractivity contribution in [3.8, 4) is 0 Å². The molecule has 0 saturated heterocycles. The molecule has 0 unspecified atom stereocenters. The molecule has 1 aromatic heterocycles. The van der Waals surface area contributed by atoms with Crippen LogP contribution in [0.3, 0.4) is 0 Å². The summed E-state index contributed by atoms with van der Waals surface area (Å²) in [6, 6.07) is 8.10. The Labute approximate surface area is 166 Å². The van der Waals surface area contributed by atoms with E-state index in [0.717, 1.165) is 10.8 Å². The van der Waals surface area contributed by atoms with E-state index in [-0.39, 0.29) is 0 Å². The van der Waals surface area contributed by atoms with Gasteiger partial charge in [-0.1, -0.05) is 62.8 Å². The van der Waals surface area contributed by atoms with Crippen molar-refractivity contribution in [1.82, 2.24) is 10.2 Å². The van der Waals surface area contributed by atoms with Crippen LogP contribution in [0.25, 0.3) is 10.8 Å². The maximum atomic E-state index is 4.44. The van der Waals surface area contributed by atoms with Crippen molar-refractivity contribution in [1.29, 1.82) is 0 Å². The average Bonchev–Trinajstić information content (AvgIpc) is 2.76. The molecular weight excluding hydrogens is 348 g/mol. The van der Waals surface area contributed by atoms with E-state index in [9.17, 15) is 0 Å². The number of anilines is 2. The summed E-state index contributed by atoms with van der Waals surface area (Å²) < 4.78 is 0. The van der Waals surface area contributed by atoms with Crippen molar-refractivity contribution in [3.05, 3.63) is 24.3 Å². The molecule has 6 heteroatoms. The minimum Gasteiger partial charge on any atom is -0.260 e. The third-order valence-corrected chi connectivity index (χ3v) is 5.90. The highest BCUT2D eigenvalue weighted by Gasteiger charge is 2.13. The number of nitrogens with zero attached hydrogens (tertiary/aromatic N) is 4. The molecule has 1 aromatic carbocycles. The van der Waals surface area contributed by atoms with Crippen LogP contribution in [0.4, 0.5) is 11.6 Å². The molecule has 6 nitrogen and oxygen atoms in total. The zero-order chi connectivity index (χ0) is 19.0. The molecule has 2 N–H and O–H groups in total. The molecule has 0 atom stereocenters. The summed E-state index contributed by atoms with van der Waals surface area (Å²) in [5.74, 6) is 2.53. The molecule has 28 heavy (non-hydrogen) atoms. The summed E-state index contributed by atoms with van der Waals surface area (Å²) in [7, 11) is 0. The van der Waals surface area contributed by atoms with Gasteiger partial charge in [-0.25, -0.2) is 0 Å². The topological polar surface area (TPSA) is 74.6 Å². The number of rotatable bonds is 6. The smallest absolute Gasteiger partial charge is 0.176 e. The number of nitrogens with one attached hydrogen (secondary N) is 2. The maximum absolute atomic E-state index is 4.44. The van der Waals surface area contributed by atoms with Crippen molar-refractivity contribution >= 4 is 34.8 Å². The highest BCUT2D eigenvalue weighted by atomic mass is 15.4. The van der Waals surface area contributed by atoms with Crippen LogP contribution < -0.4 is 10.9 Å². The van der Waals surface area contributed by atoms with Crippen LogP contribution in [-0.2, 0) is 0 Å². The first-order valence-electron chi connectivity index (χ1n) is 10.7. The standard InChI is InChI=1S/C22H30N6/c1-3-9-17(10-4-1)15-23-25-21-19-13-7-8-14-20(19)22(28-27-21)26-24-16-18-11-5-2-6-12-18/h7-8,13-18H,1-6,9-12H2,(H,25,27)(H,26,28)/b23-15-,24-16+. The Kier molecular flexibility index (Phi) is 6.48. The Bertz CT molecular complexity index is 750. The molecule has 2 saturated carbocycles. The second-order valence-corrected chi connectivity index (χ2v) is 8.02. The van der Waals surface area contributed by atoms with Gasteiger partial charge in [-0.15, -0.1) is 10.2 Å². The van der Waals surface area contributed by atoms with Crippen molar-refractivity contribution in [2.24, 2.45) is 22.0 Å². The molecular formula is C22H30N6. The maximum Gasteiger partial charge on any atom is 0.176 e. The van der Waals surface area contributed by atoms with Crippen LogP contribution >= 0.6 is 0 Å². The third-order valence-electron chi connectivity index (χ3n) is 5.90. The molecule has 1 heterocycles. The SMILES string of the molecule is C(=N/Nc1nnc(N/N=C/C2CCCCC2)c2ccccc12)/C1CCCCC1. The van der Waals surface area contributed by atoms with Crippen LogP contribution in [-0.4, -0.2) is 22.6 Å². The van der Waals surface area contributed by atoms with Crippen molar-refractivity contribution < 1.29 is 0 Å². The zero-order valence-corrected chi connectivity index (χ0v) is 16.5. The van der Waals surface area contributed by atoms with Crippen molar-refractivity contribution in [3.63, 3.8) is 0 Å². The zero-order valence-electron chi connectivity index (χ0n) is 16.5. The van der Waals surface area contributed by atoms with Crippen LogP contribution in [0.15, 0.2) is 34.5 Å². The minimum absolute atomic E-state index is 0.579. The van der Waals surface area contributed by atoms with E-state index >= 15 is 0 Å². The van der Waals surface area contributed by atoms with E-state index in [4.69, 9.17) is 0 Å². The van der Waals surface area contributed by atoms with E-state index in [2.05, 4.69) is 31.3 Å². The lowest BCUT2D eigenvalue weighted by molar-refractivity contribution is 0.445. The Morgan fingerprint density at radius 2 is 1.11 bits per heavy atom. The fourth-order valence-electron chi connectivity index (χ4n) is 4.24. The van der Waals surface area contributed by atoms with Crippen LogP contribution in [0.2, 0.25) is 0 Å². The number of aromatic nitrogens is 2. The second kappa shape index (κ2) is 9.62. The van der Waals surface area contributed by atoms with Gasteiger partial charge in [-0.3, -0.25) is 10.9 Å². The van der Waals surface area contributed by atoms with Gasteiger partial charge in [0.1, 0.15) is 0 Å². The lowest BCUT2D eigenvalue weighted by Crippen LogP contribution is -2.09. The molecule has 0 aliphatic heterocycles. The van der Waals surface area contributed by atoms with Gasteiger partial charge >= 0.3 is 0 Å². The number of hydrazone groups is 2. The number of fused-ring (bicyclic) bond motifs is 1. The predicted octanol–water partition coefficient (Wildman–Crippen LogP) is 5.59. The first kappa shape index (κ1) is 18.8. The third kappa shape index (κ3) is 4.86. The van der Waals surface area contributed by atoms with Gasteiger partial charge < -0.3 is 0 Å². The summed E-state index contributed by atoms with van der Waals surface area (Å²) in [5.41, 5.74) is 6.20. The van der Waals surface area contributed by atoms with Crippen LogP contribution in [0, 0.1) is 11.8 Å². The molecule has 0 spiro atoms. The Hall–Kier alpha value is -2.50. The Morgan fingerprint density at radius 3 is 1.54 bits per heavy atom. The van der Waals surface area contributed by atoms with E-state index in [0.29, 0.717) is 23.5 Å². The molecule has 4 rings (SSSR count). The van der Waals surface area contributed by atoms with Crippen LogP contribution in [0.1, 0.15) is 64.2 Å². The second-order valence-electron chi connectivity index (χ2n) is 8.02. The summed E-state index contributed by atoms with van der Waals surface area (Å²) >= 11 is 0. The van der Waals surface area contributed by atoms with E-state index in [1.165, 1.54) is 64.2 Å².